The third kappa shape index (κ3) is 8.80. The van der Waals surface area contributed by atoms with Crippen molar-refractivity contribution in [2.45, 2.75) is 109 Å². The van der Waals surface area contributed by atoms with Gasteiger partial charge in [0, 0.05) is 6.42 Å². The van der Waals surface area contributed by atoms with E-state index in [4.69, 9.17) is 6.42 Å². The van der Waals surface area contributed by atoms with E-state index in [1.165, 1.54) is 77.0 Å². The fourth-order valence-electron chi connectivity index (χ4n) is 5.05. The highest BCUT2D eigenvalue weighted by Gasteiger charge is 2.49. The summed E-state index contributed by atoms with van der Waals surface area (Å²) < 4.78 is 0. The van der Waals surface area contributed by atoms with E-state index in [9.17, 15) is 4.80 Å². The third-order valence-electron chi connectivity index (χ3n) is 7.24. The van der Waals surface area contributed by atoms with Crippen molar-refractivity contribution in [3.63, 3.8) is 0 Å². The van der Waals surface area contributed by atoms with Gasteiger partial charge in [-0.2, -0.15) is 0 Å². The van der Waals surface area contributed by atoms with E-state index in [0.717, 1.165) is 23.2 Å². The molecule has 0 unspecified atom stereocenters. The Hall–Kier alpha value is -1.82. The molecule has 1 N–H and O–H groups in total. The van der Waals surface area contributed by atoms with Gasteiger partial charge in [0.1, 0.15) is 0 Å². The zero-order valence-corrected chi connectivity index (χ0v) is 22.2. The number of hydrogen-bond acceptors (Lipinski definition) is 1. The first-order valence-corrected chi connectivity index (χ1v) is 15.2. The van der Waals surface area contributed by atoms with Crippen molar-refractivity contribution in [2.24, 2.45) is 0 Å². The van der Waals surface area contributed by atoms with Crippen molar-refractivity contribution < 1.29 is 4.80 Å². The van der Waals surface area contributed by atoms with Crippen LogP contribution >= 0.6 is 0 Å². The van der Waals surface area contributed by atoms with Crippen LogP contribution in [0.5, 0.6) is 0 Å². The quantitative estimate of drug-likeness (QED) is 0.146. The van der Waals surface area contributed by atoms with Gasteiger partial charge in [0.2, 0.25) is 0 Å². The van der Waals surface area contributed by atoms with Gasteiger partial charge in [0.15, 0.2) is 0 Å². The largest absolute Gasteiger partial charge is 0.424 e. The molecule has 0 saturated heterocycles. The Morgan fingerprint density at radius 3 is 1.39 bits per heavy atom. The molecule has 0 bridgehead atoms. The van der Waals surface area contributed by atoms with Crippen LogP contribution in [0.3, 0.4) is 0 Å². The molecule has 0 amide bonds. The van der Waals surface area contributed by atoms with Crippen molar-refractivity contribution in [1.82, 2.24) is 0 Å². The summed E-state index contributed by atoms with van der Waals surface area (Å²) in [5.41, 5.74) is 0. The molecule has 0 saturated carbocycles. The van der Waals surface area contributed by atoms with Crippen LogP contribution in [0.4, 0.5) is 0 Å². The second-order valence-corrected chi connectivity index (χ2v) is 14.2. The van der Waals surface area contributed by atoms with Gasteiger partial charge in [-0.05, 0) is 28.3 Å². The SMILES string of the molecule is C#CCCCCCCCCCCCCCCC(C)(C)[Si](O)(c1ccccc1)c1ccccc1. The molecule has 33 heavy (non-hydrogen) atoms. The van der Waals surface area contributed by atoms with Gasteiger partial charge in [0.05, 0.1) is 0 Å². The molecule has 0 radical (unpaired) electrons. The van der Waals surface area contributed by atoms with E-state index in [0.29, 0.717) is 0 Å². The smallest absolute Gasteiger partial charge is 0.258 e. The Bertz CT molecular complexity index is 751. The number of benzene rings is 2. The average Bonchev–Trinajstić information content (AvgIpc) is 2.84. The Morgan fingerprint density at radius 2 is 1.00 bits per heavy atom. The molecule has 1 nitrogen and oxygen atoms in total. The molecule has 2 heteroatoms. The van der Waals surface area contributed by atoms with Gasteiger partial charge in [0.25, 0.3) is 8.32 Å². The minimum absolute atomic E-state index is 0.115. The maximum absolute atomic E-state index is 12.2. The molecular formula is C31H46OSi. The van der Waals surface area contributed by atoms with Gasteiger partial charge in [-0.25, -0.2) is 0 Å². The Morgan fingerprint density at radius 1 is 0.636 bits per heavy atom. The molecule has 0 aliphatic carbocycles. The van der Waals surface area contributed by atoms with E-state index < -0.39 is 8.32 Å². The first-order chi connectivity index (χ1) is 16.0. The molecule has 0 spiro atoms. The van der Waals surface area contributed by atoms with Crippen LogP contribution < -0.4 is 10.4 Å². The van der Waals surface area contributed by atoms with Gasteiger partial charge >= 0.3 is 0 Å². The molecule has 2 aromatic carbocycles. The maximum Gasteiger partial charge on any atom is 0.258 e. The fourth-order valence-corrected chi connectivity index (χ4v) is 8.83. The summed E-state index contributed by atoms with van der Waals surface area (Å²) in [6.45, 7) is 4.57. The molecule has 180 valence electrons. The number of unbranched alkanes of at least 4 members (excludes halogenated alkanes) is 12. The standard InChI is InChI=1S/C31H46OSi/c1-4-5-6-7-8-9-10-11-12-13-14-15-16-23-28-31(2,3)33(32,29-24-19-17-20-25-29)30-26-21-18-22-27-30/h1,17-22,24-27,32H,5-16,23,28H2,2-3H3. The normalized spacial score (nSPS) is 11.9. The topological polar surface area (TPSA) is 20.2 Å². The summed E-state index contributed by atoms with van der Waals surface area (Å²) >= 11 is 0. The van der Waals surface area contributed by atoms with E-state index in [1.807, 2.05) is 12.1 Å². The monoisotopic (exact) mass is 462 g/mol. The van der Waals surface area contributed by atoms with Gasteiger partial charge in [-0.15, -0.1) is 12.3 Å². The molecule has 0 atom stereocenters. The van der Waals surface area contributed by atoms with Crippen LogP contribution in [-0.2, 0) is 0 Å². The molecule has 2 rings (SSSR count). The first-order valence-electron chi connectivity index (χ1n) is 13.3. The minimum Gasteiger partial charge on any atom is -0.424 e. The van der Waals surface area contributed by atoms with E-state index >= 15 is 0 Å². The molecule has 2 aromatic rings. The van der Waals surface area contributed by atoms with Crippen molar-refractivity contribution in [3.8, 4) is 12.3 Å². The summed E-state index contributed by atoms with van der Waals surface area (Å²) in [5.74, 6) is 2.73. The minimum atomic E-state index is -2.84. The zero-order valence-electron chi connectivity index (χ0n) is 21.2. The van der Waals surface area contributed by atoms with E-state index in [-0.39, 0.29) is 5.04 Å². The van der Waals surface area contributed by atoms with Crippen LogP contribution in [-0.4, -0.2) is 13.1 Å². The fraction of sp³-hybridized carbons (Fsp3) is 0.548. The molecule has 0 aromatic heterocycles. The highest BCUT2D eigenvalue weighted by atomic mass is 28.4. The van der Waals surface area contributed by atoms with E-state index in [2.05, 4.69) is 68.3 Å². The Balaban J connectivity index is 1.70. The molecule has 0 aliphatic rings. The lowest BCUT2D eigenvalue weighted by Crippen LogP contribution is -2.65. The number of terminal acetylenes is 1. The summed E-state index contributed by atoms with van der Waals surface area (Å²) in [5, 5.41) is 2.13. The van der Waals surface area contributed by atoms with Crippen molar-refractivity contribution in [1.29, 1.82) is 0 Å². The van der Waals surface area contributed by atoms with Crippen molar-refractivity contribution in [3.05, 3.63) is 60.7 Å². The lowest BCUT2D eigenvalue weighted by Gasteiger charge is -2.41. The van der Waals surface area contributed by atoms with Gasteiger partial charge in [-0.1, -0.05) is 145 Å². The van der Waals surface area contributed by atoms with Crippen LogP contribution in [0.15, 0.2) is 60.7 Å². The Kier molecular flexibility index (Phi) is 12.6. The highest BCUT2D eigenvalue weighted by Crippen LogP contribution is 2.40. The lowest BCUT2D eigenvalue weighted by molar-refractivity contribution is 0.445. The number of hydrogen-bond donors (Lipinski definition) is 1. The summed E-state index contributed by atoms with van der Waals surface area (Å²) in [4.78, 5) is 12.2. The average molecular weight is 463 g/mol. The first kappa shape index (κ1) is 27.4. The van der Waals surface area contributed by atoms with Gasteiger partial charge < -0.3 is 4.80 Å². The van der Waals surface area contributed by atoms with Crippen molar-refractivity contribution >= 4 is 18.7 Å². The number of rotatable bonds is 17. The molecular weight excluding hydrogens is 416 g/mol. The third-order valence-corrected chi connectivity index (χ3v) is 11.8. The predicted molar refractivity (Wildman–Crippen MR) is 148 cm³/mol. The maximum atomic E-state index is 12.2. The van der Waals surface area contributed by atoms with Crippen LogP contribution in [0, 0.1) is 12.3 Å². The lowest BCUT2D eigenvalue weighted by atomic mass is 10.0. The molecule has 0 heterocycles. The Labute approximate surface area is 205 Å². The predicted octanol–water partition coefficient (Wildman–Crippen LogP) is 7.61. The second-order valence-electron chi connectivity index (χ2n) is 10.3. The van der Waals surface area contributed by atoms with Crippen molar-refractivity contribution in [2.75, 3.05) is 0 Å². The van der Waals surface area contributed by atoms with Crippen LogP contribution in [0.1, 0.15) is 104 Å². The van der Waals surface area contributed by atoms with E-state index in [1.54, 1.807) is 0 Å². The molecule has 0 aliphatic heterocycles. The van der Waals surface area contributed by atoms with Crippen LogP contribution in [0.2, 0.25) is 5.04 Å². The van der Waals surface area contributed by atoms with Crippen LogP contribution in [0.25, 0.3) is 0 Å². The summed E-state index contributed by atoms with van der Waals surface area (Å²) in [7, 11) is -2.84. The zero-order chi connectivity index (χ0) is 23.8. The molecule has 0 fully saturated rings. The highest BCUT2D eigenvalue weighted by molar-refractivity contribution is 6.98. The summed E-state index contributed by atoms with van der Waals surface area (Å²) in [6.07, 6.45) is 23.2. The van der Waals surface area contributed by atoms with Gasteiger partial charge in [-0.3, -0.25) is 0 Å². The second kappa shape index (κ2) is 15.2. The summed E-state index contributed by atoms with van der Waals surface area (Å²) in [6, 6.07) is 20.8.